The summed E-state index contributed by atoms with van der Waals surface area (Å²) in [5.41, 5.74) is 0. The van der Waals surface area contributed by atoms with Crippen molar-refractivity contribution >= 4 is 48.9 Å². The molecule has 0 aromatic carbocycles. The summed E-state index contributed by atoms with van der Waals surface area (Å²) in [6.07, 6.45) is 0. The Morgan fingerprint density at radius 2 is 1.06 bits per heavy atom. The topological polar surface area (TPSA) is 34.1 Å². The van der Waals surface area contributed by atoms with Gasteiger partial charge in [0.15, 0.2) is 10.2 Å². The zero-order valence-electron chi connectivity index (χ0n) is 11.0. The predicted octanol–water partition coefficient (Wildman–Crippen LogP) is 3.12. The quantitative estimate of drug-likeness (QED) is 0.730. The van der Waals surface area contributed by atoms with E-state index < -0.39 is 15.2 Å². The summed E-state index contributed by atoms with van der Waals surface area (Å²) >= 11 is 2.93. The Bertz CT molecular complexity index is 250. The van der Waals surface area contributed by atoms with Gasteiger partial charge in [-0.25, -0.2) is 0 Å². The van der Waals surface area contributed by atoms with Gasteiger partial charge >= 0.3 is 0 Å². The van der Waals surface area contributed by atoms with Crippen LogP contribution in [0.4, 0.5) is 0 Å². The highest BCUT2D eigenvalue weighted by Gasteiger charge is 2.40. The predicted molar refractivity (Wildman–Crippen MR) is 81.2 cm³/mol. The number of rotatable bonds is 5. The van der Waals surface area contributed by atoms with Crippen molar-refractivity contribution in [1.29, 1.82) is 0 Å². The lowest BCUT2D eigenvalue weighted by Gasteiger charge is -2.37. The van der Waals surface area contributed by atoms with Crippen LogP contribution in [0.3, 0.4) is 0 Å². The first-order chi connectivity index (χ1) is 7.08. The van der Waals surface area contributed by atoms with Crippen LogP contribution in [0.5, 0.6) is 0 Å². The third kappa shape index (κ3) is 5.70. The normalized spacial score (nSPS) is 12.6. The van der Waals surface area contributed by atoms with Crippen molar-refractivity contribution in [2.45, 2.75) is 40.0 Å². The molecule has 0 fully saturated rings. The molecule has 94 valence electrons. The molecule has 0 saturated heterocycles. The Balaban J connectivity index is 4.44. The van der Waals surface area contributed by atoms with E-state index in [0.29, 0.717) is 0 Å². The van der Waals surface area contributed by atoms with E-state index in [1.165, 1.54) is 23.5 Å². The second kappa shape index (κ2) is 6.42. The molecule has 0 aliphatic rings. The van der Waals surface area contributed by atoms with Crippen LogP contribution in [-0.2, 0) is 9.59 Å². The van der Waals surface area contributed by atoms with Crippen molar-refractivity contribution in [1.82, 2.24) is 0 Å². The Kier molecular flexibility index (Phi) is 6.61. The molecule has 0 aliphatic heterocycles. The average molecular weight is 295 g/mol. The summed E-state index contributed by atoms with van der Waals surface area (Å²) < 4.78 is 0. The first-order valence-corrected chi connectivity index (χ1v) is 14.7. The summed E-state index contributed by atoms with van der Waals surface area (Å²) in [6.45, 7) is 12.7. The van der Waals surface area contributed by atoms with Gasteiger partial charge in [-0.05, 0) is 10.8 Å². The van der Waals surface area contributed by atoms with Crippen molar-refractivity contribution in [3.05, 3.63) is 0 Å². The van der Waals surface area contributed by atoms with Crippen LogP contribution >= 0.6 is 23.5 Å². The highest BCUT2D eigenvalue weighted by Crippen LogP contribution is 2.26. The molecular weight excluding hydrogens is 272 g/mol. The highest BCUT2D eigenvalue weighted by atomic mass is 32.2. The lowest BCUT2D eigenvalue weighted by atomic mass is 10.9. The number of hydrogen-bond donors (Lipinski definition) is 0. The average Bonchev–Trinajstić information content (AvgIpc) is 2.11. The molecule has 6 heteroatoms. The first kappa shape index (κ1) is 16.5. The zero-order chi connectivity index (χ0) is 13.0. The smallest absolute Gasteiger partial charge is 0.185 e. The fourth-order valence-corrected chi connectivity index (χ4v) is 16.9. The molecule has 2 nitrogen and oxygen atoms in total. The van der Waals surface area contributed by atoms with Gasteiger partial charge in [0, 0.05) is 13.8 Å². The largest absolute Gasteiger partial charge is 0.288 e. The standard InChI is InChI=1S/C10H22O2S2Si2/c1-9(11)13-7-15(3,4)16(5,6)8-14-10(2)12/h7-8H2,1-6H3. The van der Waals surface area contributed by atoms with Gasteiger partial charge in [0.25, 0.3) is 0 Å². The van der Waals surface area contributed by atoms with Crippen LogP contribution in [0.25, 0.3) is 0 Å². The van der Waals surface area contributed by atoms with Gasteiger partial charge in [-0.1, -0.05) is 49.7 Å². The molecular formula is C10H22O2S2Si2. The Morgan fingerprint density at radius 3 is 1.25 bits per heavy atom. The molecule has 16 heavy (non-hydrogen) atoms. The minimum atomic E-state index is -1.35. The van der Waals surface area contributed by atoms with Crippen LogP contribution in [0, 0.1) is 0 Å². The molecule has 0 heterocycles. The monoisotopic (exact) mass is 294 g/mol. The Labute approximate surface area is 109 Å². The van der Waals surface area contributed by atoms with E-state index in [4.69, 9.17) is 0 Å². The molecule has 0 rings (SSSR count). The molecule has 0 saturated carbocycles. The fourth-order valence-electron chi connectivity index (χ4n) is 0.955. The number of thioether (sulfide) groups is 2. The van der Waals surface area contributed by atoms with E-state index in [1.807, 2.05) is 0 Å². The molecule has 0 aromatic rings. The van der Waals surface area contributed by atoms with Gasteiger partial charge in [-0.3, -0.25) is 9.59 Å². The van der Waals surface area contributed by atoms with Gasteiger partial charge in [-0.2, -0.15) is 0 Å². The molecule has 0 aromatic heterocycles. The van der Waals surface area contributed by atoms with Crippen molar-refractivity contribution in [2.75, 3.05) is 10.8 Å². The van der Waals surface area contributed by atoms with Gasteiger partial charge in [-0.15, -0.1) is 0 Å². The van der Waals surface area contributed by atoms with E-state index in [-0.39, 0.29) is 10.2 Å². The summed E-state index contributed by atoms with van der Waals surface area (Å²) in [5, 5.41) is 2.43. The van der Waals surface area contributed by atoms with Gasteiger partial charge in [0.1, 0.15) is 0 Å². The minimum Gasteiger partial charge on any atom is -0.288 e. The summed E-state index contributed by atoms with van der Waals surface area (Å²) in [7, 11) is -2.71. The number of carbonyl (C=O) groups is 2. The van der Waals surface area contributed by atoms with Crippen molar-refractivity contribution < 1.29 is 9.59 Å². The lowest BCUT2D eigenvalue weighted by molar-refractivity contribution is -0.109. The van der Waals surface area contributed by atoms with Crippen molar-refractivity contribution in [3.8, 4) is 0 Å². The molecule has 0 atom stereocenters. The number of carbonyl (C=O) groups excluding carboxylic acids is 2. The molecule has 0 spiro atoms. The highest BCUT2D eigenvalue weighted by molar-refractivity contribution is 8.16. The van der Waals surface area contributed by atoms with E-state index in [9.17, 15) is 9.59 Å². The lowest BCUT2D eigenvalue weighted by Crippen LogP contribution is -2.59. The first-order valence-electron chi connectivity index (χ1n) is 5.35. The molecule has 0 bridgehead atoms. The maximum absolute atomic E-state index is 11.0. The third-order valence-corrected chi connectivity index (χ3v) is 28.1. The van der Waals surface area contributed by atoms with Crippen LogP contribution in [0.15, 0.2) is 0 Å². The maximum atomic E-state index is 11.0. The molecule has 0 aliphatic carbocycles. The molecule has 0 unspecified atom stereocenters. The molecule has 0 radical (unpaired) electrons. The van der Waals surface area contributed by atoms with Crippen LogP contribution in [0.1, 0.15) is 13.8 Å². The van der Waals surface area contributed by atoms with Crippen LogP contribution < -0.4 is 0 Å². The second-order valence-corrected chi connectivity index (χ2v) is 25.0. The Hall–Kier alpha value is 0.474. The third-order valence-electron chi connectivity index (χ3n) is 3.10. The number of hydrogen-bond acceptors (Lipinski definition) is 4. The summed E-state index contributed by atoms with van der Waals surface area (Å²) in [5.74, 6) is 0. The van der Waals surface area contributed by atoms with Gasteiger partial charge in [0.2, 0.25) is 0 Å². The maximum Gasteiger partial charge on any atom is 0.185 e. The zero-order valence-corrected chi connectivity index (χ0v) is 14.7. The molecule has 0 amide bonds. The summed E-state index contributed by atoms with van der Waals surface area (Å²) in [4.78, 5) is 22.0. The van der Waals surface area contributed by atoms with Gasteiger partial charge in [0.05, 0.1) is 15.2 Å². The van der Waals surface area contributed by atoms with Crippen molar-refractivity contribution in [2.24, 2.45) is 0 Å². The fraction of sp³-hybridized carbons (Fsp3) is 0.800. The van der Waals surface area contributed by atoms with Crippen molar-refractivity contribution in [3.63, 3.8) is 0 Å². The van der Waals surface area contributed by atoms with E-state index in [0.717, 1.165) is 10.8 Å². The Morgan fingerprint density at radius 1 is 0.812 bits per heavy atom. The minimum absolute atomic E-state index is 0.213. The SMILES string of the molecule is CC(=O)SC[Si](C)(C)[Si](C)(C)CSC(C)=O. The summed E-state index contributed by atoms with van der Waals surface area (Å²) in [6, 6.07) is 0. The van der Waals surface area contributed by atoms with Gasteiger partial charge < -0.3 is 0 Å². The van der Waals surface area contributed by atoms with Crippen LogP contribution in [0.2, 0.25) is 26.2 Å². The van der Waals surface area contributed by atoms with E-state index >= 15 is 0 Å². The van der Waals surface area contributed by atoms with E-state index in [2.05, 4.69) is 26.2 Å². The second-order valence-electron chi connectivity index (χ2n) is 5.33. The van der Waals surface area contributed by atoms with Crippen LogP contribution in [-0.4, -0.2) is 36.2 Å². The van der Waals surface area contributed by atoms with E-state index in [1.54, 1.807) is 13.8 Å². The molecule has 0 N–H and O–H groups in total.